The van der Waals surface area contributed by atoms with E-state index in [0.717, 1.165) is 30.0 Å². The SMILES string of the molecule is Cc1cc([N+](=O)[O-])cc(S(=O)(=O)NC2CCCc3cc(N)ccc32)c1C. The molecule has 0 bridgehead atoms. The second-order valence-electron chi connectivity index (χ2n) is 6.67. The van der Waals surface area contributed by atoms with Crippen molar-refractivity contribution in [3.8, 4) is 0 Å². The number of sulfonamides is 1. The summed E-state index contributed by atoms with van der Waals surface area (Å²) in [4.78, 5) is 10.5. The van der Waals surface area contributed by atoms with Crippen LogP contribution in [0.4, 0.5) is 11.4 Å². The normalized spacial score (nSPS) is 16.9. The van der Waals surface area contributed by atoms with Crippen LogP contribution in [-0.4, -0.2) is 13.3 Å². The van der Waals surface area contributed by atoms with Crippen molar-refractivity contribution in [2.45, 2.75) is 44.0 Å². The highest BCUT2D eigenvalue weighted by atomic mass is 32.2. The highest BCUT2D eigenvalue weighted by Crippen LogP contribution is 2.33. The van der Waals surface area contributed by atoms with Crippen LogP contribution < -0.4 is 10.5 Å². The average molecular weight is 375 g/mol. The van der Waals surface area contributed by atoms with E-state index in [1.54, 1.807) is 19.9 Å². The number of anilines is 1. The molecule has 8 heteroatoms. The molecule has 138 valence electrons. The molecule has 0 aromatic heterocycles. The van der Waals surface area contributed by atoms with Gasteiger partial charge in [-0.2, -0.15) is 0 Å². The van der Waals surface area contributed by atoms with E-state index in [0.29, 0.717) is 23.2 Å². The van der Waals surface area contributed by atoms with Crippen molar-refractivity contribution in [3.05, 3.63) is 62.7 Å². The first kappa shape index (κ1) is 18.3. The third-order valence-corrected chi connectivity index (χ3v) is 6.48. The van der Waals surface area contributed by atoms with Crippen LogP contribution in [0.15, 0.2) is 35.2 Å². The van der Waals surface area contributed by atoms with Gasteiger partial charge in [0.15, 0.2) is 0 Å². The molecule has 1 aliphatic carbocycles. The number of nitrogen functional groups attached to an aromatic ring is 1. The van der Waals surface area contributed by atoms with Crippen LogP contribution >= 0.6 is 0 Å². The first-order valence-corrected chi connectivity index (χ1v) is 9.83. The number of nitro benzene ring substituents is 1. The monoisotopic (exact) mass is 375 g/mol. The second kappa shape index (κ2) is 6.69. The van der Waals surface area contributed by atoms with Crippen LogP contribution in [-0.2, 0) is 16.4 Å². The van der Waals surface area contributed by atoms with Gasteiger partial charge in [0.25, 0.3) is 5.69 Å². The molecule has 2 aromatic rings. The summed E-state index contributed by atoms with van der Waals surface area (Å²) < 4.78 is 28.7. The number of nitrogens with one attached hydrogen (secondary N) is 1. The molecule has 0 saturated heterocycles. The van der Waals surface area contributed by atoms with Gasteiger partial charge in [0.05, 0.1) is 9.82 Å². The van der Waals surface area contributed by atoms with Crippen molar-refractivity contribution in [3.63, 3.8) is 0 Å². The predicted octanol–water partition coefficient (Wildman–Crippen LogP) is 3.15. The number of nitro groups is 1. The molecule has 0 fully saturated rings. The van der Waals surface area contributed by atoms with Gasteiger partial charge in [-0.1, -0.05) is 6.07 Å². The lowest BCUT2D eigenvalue weighted by molar-refractivity contribution is -0.385. The van der Waals surface area contributed by atoms with Crippen LogP contribution in [0, 0.1) is 24.0 Å². The Balaban J connectivity index is 2.00. The third kappa shape index (κ3) is 3.42. The minimum Gasteiger partial charge on any atom is -0.399 e. The Morgan fingerprint density at radius 1 is 1.23 bits per heavy atom. The predicted molar refractivity (Wildman–Crippen MR) is 99.4 cm³/mol. The average Bonchev–Trinajstić information content (AvgIpc) is 2.56. The summed E-state index contributed by atoms with van der Waals surface area (Å²) in [5, 5.41) is 11.1. The lowest BCUT2D eigenvalue weighted by Gasteiger charge is -2.27. The Kier molecular flexibility index (Phi) is 4.72. The molecule has 0 heterocycles. The highest BCUT2D eigenvalue weighted by molar-refractivity contribution is 7.89. The van der Waals surface area contributed by atoms with Crippen molar-refractivity contribution >= 4 is 21.4 Å². The number of benzene rings is 2. The summed E-state index contributed by atoms with van der Waals surface area (Å²) in [6.07, 6.45) is 2.37. The van der Waals surface area contributed by atoms with Crippen molar-refractivity contribution < 1.29 is 13.3 Å². The van der Waals surface area contributed by atoms with Gasteiger partial charge in [-0.05, 0) is 67.5 Å². The van der Waals surface area contributed by atoms with E-state index in [2.05, 4.69) is 4.72 Å². The molecular weight excluding hydrogens is 354 g/mol. The number of rotatable bonds is 4. The number of aryl methyl sites for hydroxylation is 2. The molecule has 0 radical (unpaired) electrons. The fourth-order valence-corrected chi connectivity index (χ4v) is 4.99. The lowest BCUT2D eigenvalue weighted by Crippen LogP contribution is -2.31. The molecule has 0 amide bonds. The first-order chi connectivity index (χ1) is 12.2. The first-order valence-electron chi connectivity index (χ1n) is 8.35. The molecule has 1 unspecified atom stereocenters. The number of hydrogen-bond donors (Lipinski definition) is 2. The number of nitrogens with zero attached hydrogens (tertiary/aromatic N) is 1. The second-order valence-corrected chi connectivity index (χ2v) is 8.35. The fourth-order valence-electron chi connectivity index (χ4n) is 3.40. The molecule has 7 nitrogen and oxygen atoms in total. The lowest BCUT2D eigenvalue weighted by atomic mass is 9.88. The minimum absolute atomic E-state index is 0.0493. The summed E-state index contributed by atoms with van der Waals surface area (Å²) in [6, 6.07) is 7.61. The topological polar surface area (TPSA) is 115 Å². The van der Waals surface area contributed by atoms with Crippen LogP contribution in [0.1, 0.15) is 41.1 Å². The Morgan fingerprint density at radius 3 is 2.65 bits per heavy atom. The number of non-ortho nitro benzene ring substituents is 1. The van der Waals surface area contributed by atoms with Crippen LogP contribution in [0.3, 0.4) is 0 Å². The van der Waals surface area contributed by atoms with Crippen LogP contribution in [0.25, 0.3) is 0 Å². The Bertz CT molecular complexity index is 986. The van der Waals surface area contributed by atoms with E-state index in [4.69, 9.17) is 5.73 Å². The van der Waals surface area contributed by atoms with Gasteiger partial charge in [0.1, 0.15) is 0 Å². The van der Waals surface area contributed by atoms with E-state index in [1.807, 2.05) is 12.1 Å². The molecule has 3 N–H and O–H groups in total. The Labute approximate surface area is 152 Å². The van der Waals surface area contributed by atoms with E-state index < -0.39 is 14.9 Å². The summed E-state index contributed by atoms with van der Waals surface area (Å²) in [5.41, 5.74) is 9.27. The summed E-state index contributed by atoms with van der Waals surface area (Å²) in [6.45, 7) is 3.32. The van der Waals surface area contributed by atoms with Crippen molar-refractivity contribution in [2.24, 2.45) is 0 Å². The summed E-state index contributed by atoms with van der Waals surface area (Å²) in [5.74, 6) is 0. The van der Waals surface area contributed by atoms with Gasteiger partial charge < -0.3 is 5.73 Å². The van der Waals surface area contributed by atoms with E-state index in [-0.39, 0.29) is 16.6 Å². The zero-order valence-electron chi connectivity index (χ0n) is 14.7. The van der Waals surface area contributed by atoms with Crippen molar-refractivity contribution in [1.82, 2.24) is 4.72 Å². The van der Waals surface area contributed by atoms with E-state index >= 15 is 0 Å². The van der Waals surface area contributed by atoms with Gasteiger partial charge in [-0.25, -0.2) is 13.1 Å². The highest BCUT2D eigenvalue weighted by Gasteiger charge is 2.28. The van der Waals surface area contributed by atoms with Crippen LogP contribution in [0.5, 0.6) is 0 Å². The van der Waals surface area contributed by atoms with E-state index in [9.17, 15) is 18.5 Å². The maximum atomic E-state index is 13.0. The van der Waals surface area contributed by atoms with Crippen molar-refractivity contribution in [2.75, 3.05) is 5.73 Å². The summed E-state index contributed by atoms with van der Waals surface area (Å²) in [7, 11) is -3.91. The zero-order valence-corrected chi connectivity index (χ0v) is 15.5. The maximum absolute atomic E-state index is 13.0. The van der Waals surface area contributed by atoms with Crippen LogP contribution in [0.2, 0.25) is 0 Å². The van der Waals surface area contributed by atoms with Gasteiger partial charge in [-0.15, -0.1) is 0 Å². The van der Waals surface area contributed by atoms with Crippen molar-refractivity contribution in [1.29, 1.82) is 0 Å². The molecule has 0 saturated carbocycles. The molecule has 26 heavy (non-hydrogen) atoms. The molecular formula is C18H21N3O4S. The fraction of sp³-hybridized carbons (Fsp3) is 0.333. The smallest absolute Gasteiger partial charge is 0.271 e. The zero-order chi connectivity index (χ0) is 19.1. The van der Waals surface area contributed by atoms with Gasteiger partial charge >= 0.3 is 0 Å². The standard InChI is InChI=1S/C18H21N3O4S/c1-11-8-15(21(22)23)10-18(12(11)2)26(24,25)20-17-5-3-4-13-9-14(19)6-7-16(13)17/h6-10,17,20H,3-5,19H2,1-2H3. The van der Waals surface area contributed by atoms with Gasteiger partial charge in [0, 0.05) is 23.9 Å². The number of fused-ring (bicyclic) bond motifs is 1. The molecule has 2 aromatic carbocycles. The minimum atomic E-state index is -3.91. The molecule has 3 rings (SSSR count). The largest absolute Gasteiger partial charge is 0.399 e. The maximum Gasteiger partial charge on any atom is 0.271 e. The quantitative estimate of drug-likeness (QED) is 0.484. The number of hydrogen-bond acceptors (Lipinski definition) is 5. The molecule has 0 spiro atoms. The number of nitrogens with two attached hydrogens (primary N) is 1. The molecule has 0 aliphatic heterocycles. The van der Waals surface area contributed by atoms with Gasteiger partial charge in [-0.3, -0.25) is 10.1 Å². The molecule has 1 aliphatic rings. The van der Waals surface area contributed by atoms with Gasteiger partial charge in [0.2, 0.25) is 10.0 Å². The third-order valence-electron chi connectivity index (χ3n) is 4.88. The van der Waals surface area contributed by atoms with E-state index in [1.165, 1.54) is 6.07 Å². The molecule has 1 atom stereocenters. The Hall–Kier alpha value is -2.45. The summed E-state index contributed by atoms with van der Waals surface area (Å²) >= 11 is 0. The Morgan fingerprint density at radius 2 is 1.96 bits per heavy atom.